The number of benzene rings is 1. The van der Waals surface area contributed by atoms with Crippen molar-refractivity contribution in [2.45, 2.75) is 58.7 Å². The number of hydrogen-bond acceptors (Lipinski definition) is 6. The number of nitrogens with one attached hydrogen (secondary N) is 1. The molecule has 4 rings (SSSR count). The predicted octanol–water partition coefficient (Wildman–Crippen LogP) is 4.17. The lowest BCUT2D eigenvalue weighted by atomic mass is 10.0. The molecule has 0 unspecified atom stereocenters. The number of fused-ring (bicyclic) bond motifs is 1. The van der Waals surface area contributed by atoms with Gasteiger partial charge in [-0.15, -0.1) is 0 Å². The smallest absolute Gasteiger partial charge is 0.414 e. The molecule has 1 N–H and O–H groups in total. The topological polar surface area (TPSA) is 106 Å². The summed E-state index contributed by atoms with van der Waals surface area (Å²) in [7, 11) is 1.28. The molecule has 1 aromatic carbocycles. The van der Waals surface area contributed by atoms with E-state index in [-0.39, 0.29) is 24.6 Å². The maximum Gasteiger partial charge on any atom is 0.414 e. The molecule has 10 heteroatoms. The van der Waals surface area contributed by atoms with Gasteiger partial charge in [-0.2, -0.15) is 5.10 Å². The fourth-order valence-corrected chi connectivity index (χ4v) is 4.10. The Morgan fingerprint density at radius 1 is 1.18 bits per heavy atom. The van der Waals surface area contributed by atoms with Gasteiger partial charge in [-0.1, -0.05) is 0 Å². The van der Waals surface area contributed by atoms with Gasteiger partial charge in [0, 0.05) is 30.8 Å². The molecule has 0 spiro atoms. The molecule has 10 nitrogen and oxygen atoms in total. The van der Waals surface area contributed by atoms with Crippen LogP contribution in [0, 0.1) is 0 Å². The highest BCUT2D eigenvalue weighted by Crippen LogP contribution is 2.44. The van der Waals surface area contributed by atoms with E-state index in [9.17, 15) is 14.4 Å². The first-order valence-corrected chi connectivity index (χ1v) is 11.0. The summed E-state index contributed by atoms with van der Waals surface area (Å²) in [4.78, 5) is 40.7. The first kappa shape index (κ1) is 22.6. The Labute approximate surface area is 192 Å². The molecule has 1 fully saturated rings. The van der Waals surface area contributed by atoms with E-state index in [0.717, 1.165) is 18.4 Å². The molecule has 0 radical (unpaired) electrons. The average molecular weight is 456 g/mol. The van der Waals surface area contributed by atoms with Crippen LogP contribution in [0.4, 0.5) is 26.7 Å². The molecule has 1 aliphatic carbocycles. The highest BCUT2D eigenvalue weighted by molar-refractivity contribution is 6.06. The van der Waals surface area contributed by atoms with Gasteiger partial charge < -0.3 is 14.4 Å². The quantitative estimate of drug-likeness (QED) is 0.742. The summed E-state index contributed by atoms with van der Waals surface area (Å²) in [6.07, 6.45) is 4.39. The van der Waals surface area contributed by atoms with Crippen LogP contribution in [0.5, 0.6) is 0 Å². The van der Waals surface area contributed by atoms with Gasteiger partial charge in [-0.25, -0.2) is 9.59 Å². The number of hydrogen-bond donors (Lipinski definition) is 1. The minimum atomic E-state index is -0.639. The standard InChI is InChI=1S/C23H29N5O5/c1-13(2)33-23(31)26-11-14(3)28(15(4)29)21-9-19(25-22(30)32-5)18(8-20(21)26)16-10-24-27(12-16)17-6-7-17/h8-10,12-14,17H,6-7,11H2,1-5H3,(H,25,30)/t14-/m0/s1. The number of anilines is 3. The normalized spacial score (nSPS) is 17.6. The van der Waals surface area contributed by atoms with Crippen LogP contribution in [0.3, 0.4) is 0 Å². The molecule has 2 heterocycles. The van der Waals surface area contributed by atoms with E-state index in [1.165, 1.54) is 18.9 Å². The van der Waals surface area contributed by atoms with Crippen LogP contribution in [0.15, 0.2) is 24.5 Å². The Balaban J connectivity index is 1.88. The van der Waals surface area contributed by atoms with E-state index in [0.29, 0.717) is 28.7 Å². The van der Waals surface area contributed by atoms with Crippen molar-refractivity contribution in [3.63, 3.8) is 0 Å². The number of amides is 3. The van der Waals surface area contributed by atoms with Crippen LogP contribution in [-0.4, -0.2) is 53.7 Å². The molecule has 33 heavy (non-hydrogen) atoms. The van der Waals surface area contributed by atoms with Crippen molar-refractivity contribution in [2.75, 3.05) is 28.8 Å². The Morgan fingerprint density at radius 3 is 2.52 bits per heavy atom. The summed E-state index contributed by atoms with van der Waals surface area (Å²) < 4.78 is 12.2. The van der Waals surface area contributed by atoms with Crippen molar-refractivity contribution in [1.82, 2.24) is 9.78 Å². The van der Waals surface area contributed by atoms with Gasteiger partial charge >= 0.3 is 12.2 Å². The van der Waals surface area contributed by atoms with Gasteiger partial charge in [0.25, 0.3) is 0 Å². The zero-order chi connectivity index (χ0) is 23.9. The van der Waals surface area contributed by atoms with Crippen molar-refractivity contribution in [3.05, 3.63) is 24.5 Å². The number of aromatic nitrogens is 2. The molecule has 3 amide bonds. The molecule has 2 aliphatic rings. The molecule has 2 aromatic rings. The first-order valence-electron chi connectivity index (χ1n) is 11.0. The first-order chi connectivity index (χ1) is 15.7. The van der Waals surface area contributed by atoms with Crippen molar-refractivity contribution in [2.24, 2.45) is 0 Å². The maximum absolute atomic E-state index is 12.9. The van der Waals surface area contributed by atoms with Crippen molar-refractivity contribution in [1.29, 1.82) is 0 Å². The number of methoxy groups -OCH3 is 1. The van der Waals surface area contributed by atoms with Crippen LogP contribution in [-0.2, 0) is 14.3 Å². The Bertz CT molecular complexity index is 1090. The van der Waals surface area contributed by atoms with Crippen molar-refractivity contribution >= 4 is 35.2 Å². The van der Waals surface area contributed by atoms with E-state index < -0.39 is 12.2 Å². The van der Waals surface area contributed by atoms with Gasteiger partial charge in [-0.05, 0) is 45.7 Å². The molecule has 176 valence electrons. The Morgan fingerprint density at radius 2 is 1.91 bits per heavy atom. The zero-order valence-electron chi connectivity index (χ0n) is 19.5. The van der Waals surface area contributed by atoms with Crippen molar-refractivity contribution < 1.29 is 23.9 Å². The summed E-state index contributed by atoms with van der Waals surface area (Å²) in [6.45, 7) is 7.19. The highest BCUT2D eigenvalue weighted by atomic mass is 16.6. The van der Waals surface area contributed by atoms with Gasteiger partial charge in [0.05, 0.1) is 48.6 Å². The number of rotatable bonds is 4. The molecule has 0 saturated heterocycles. The van der Waals surface area contributed by atoms with Gasteiger partial charge in [0.2, 0.25) is 5.91 Å². The largest absolute Gasteiger partial charge is 0.453 e. The summed E-state index contributed by atoms with van der Waals surface area (Å²) in [6, 6.07) is 3.59. The number of nitrogens with zero attached hydrogens (tertiary/aromatic N) is 4. The van der Waals surface area contributed by atoms with Crippen LogP contribution < -0.4 is 15.1 Å². The van der Waals surface area contributed by atoms with Crippen molar-refractivity contribution in [3.8, 4) is 11.1 Å². The van der Waals surface area contributed by atoms with E-state index in [1.54, 1.807) is 37.1 Å². The molecule has 0 bridgehead atoms. The third-order valence-corrected chi connectivity index (χ3v) is 5.70. The SMILES string of the molecule is COC(=O)Nc1cc2c(cc1-c1cnn(C3CC3)c1)N(C(=O)OC(C)C)C[C@H](C)N2C(C)=O. The third-order valence-electron chi connectivity index (χ3n) is 5.70. The summed E-state index contributed by atoms with van der Waals surface area (Å²) in [5, 5.41) is 7.20. The van der Waals surface area contributed by atoms with Crippen LogP contribution in [0.25, 0.3) is 11.1 Å². The Kier molecular flexibility index (Phi) is 6.01. The average Bonchev–Trinajstić information content (AvgIpc) is 3.48. The lowest BCUT2D eigenvalue weighted by molar-refractivity contribution is -0.117. The highest BCUT2D eigenvalue weighted by Gasteiger charge is 2.36. The molecular weight excluding hydrogens is 426 g/mol. The molecular formula is C23H29N5O5. The van der Waals surface area contributed by atoms with Crippen LogP contribution in [0.1, 0.15) is 46.6 Å². The molecule has 1 saturated carbocycles. The second kappa shape index (κ2) is 8.76. The van der Waals surface area contributed by atoms with Crippen LogP contribution in [0.2, 0.25) is 0 Å². The molecule has 1 aliphatic heterocycles. The van der Waals surface area contributed by atoms with E-state index in [4.69, 9.17) is 9.47 Å². The van der Waals surface area contributed by atoms with Crippen LogP contribution >= 0.6 is 0 Å². The van der Waals surface area contributed by atoms with Gasteiger partial charge in [-0.3, -0.25) is 19.7 Å². The second-order valence-corrected chi connectivity index (χ2v) is 8.72. The number of carbonyl (C=O) groups is 3. The van der Waals surface area contributed by atoms with E-state index in [2.05, 4.69) is 10.4 Å². The fourth-order valence-electron chi connectivity index (χ4n) is 4.10. The fraction of sp³-hybridized carbons (Fsp3) is 0.478. The minimum Gasteiger partial charge on any atom is -0.453 e. The lowest BCUT2D eigenvalue weighted by Crippen LogP contribution is -2.51. The maximum atomic E-state index is 12.9. The van der Waals surface area contributed by atoms with E-state index >= 15 is 0 Å². The third kappa shape index (κ3) is 4.50. The summed E-state index contributed by atoms with van der Waals surface area (Å²) in [5.74, 6) is -0.168. The predicted molar refractivity (Wildman–Crippen MR) is 124 cm³/mol. The van der Waals surface area contributed by atoms with E-state index in [1.807, 2.05) is 17.8 Å². The zero-order valence-corrected chi connectivity index (χ0v) is 19.5. The number of carbonyl (C=O) groups excluding carboxylic acids is 3. The molecule has 1 atom stereocenters. The number of ether oxygens (including phenoxy) is 2. The minimum absolute atomic E-state index is 0.168. The van der Waals surface area contributed by atoms with Gasteiger partial charge in [0.15, 0.2) is 0 Å². The van der Waals surface area contributed by atoms with Gasteiger partial charge in [0.1, 0.15) is 0 Å². The monoisotopic (exact) mass is 455 g/mol. The summed E-state index contributed by atoms with van der Waals surface area (Å²) in [5.41, 5.74) is 2.92. The Hall–Kier alpha value is -3.56. The molecule has 1 aromatic heterocycles. The lowest BCUT2D eigenvalue weighted by Gasteiger charge is -2.41. The summed E-state index contributed by atoms with van der Waals surface area (Å²) >= 11 is 0. The second-order valence-electron chi connectivity index (χ2n) is 8.72.